The first-order valence-electron chi connectivity index (χ1n) is 6.61. The second kappa shape index (κ2) is 6.87. The third-order valence-electron chi connectivity index (χ3n) is 3.41. The van der Waals surface area contributed by atoms with Crippen LogP contribution in [-0.2, 0) is 13.0 Å². The fourth-order valence-corrected chi connectivity index (χ4v) is 2.90. The number of nitrogens with zero attached hydrogens (tertiary/aromatic N) is 2. The van der Waals surface area contributed by atoms with Crippen LogP contribution in [0.2, 0.25) is 5.02 Å². The average molecular weight is 376 g/mol. The van der Waals surface area contributed by atoms with Crippen molar-refractivity contribution in [1.82, 2.24) is 15.2 Å². The van der Waals surface area contributed by atoms with Gasteiger partial charge in [0.05, 0.1) is 26.9 Å². The SMILES string of the molecule is CCn1nc(C)c(Cl)c1CC(NN)c1cccc(Br)c1F. The zero-order valence-electron chi connectivity index (χ0n) is 11.8. The normalized spacial score (nSPS) is 12.7. The molecule has 2 rings (SSSR count). The van der Waals surface area contributed by atoms with Gasteiger partial charge < -0.3 is 0 Å². The van der Waals surface area contributed by atoms with Gasteiger partial charge in [0.15, 0.2) is 0 Å². The molecule has 4 nitrogen and oxygen atoms in total. The molecule has 0 aliphatic heterocycles. The topological polar surface area (TPSA) is 55.9 Å². The molecule has 114 valence electrons. The second-order valence-corrected chi connectivity index (χ2v) is 5.96. The Labute approximate surface area is 136 Å². The number of hydrogen-bond acceptors (Lipinski definition) is 3. The van der Waals surface area contributed by atoms with Crippen molar-refractivity contribution >= 4 is 27.5 Å². The van der Waals surface area contributed by atoms with E-state index in [0.29, 0.717) is 28.0 Å². The van der Waals surface area contributed by atoms with Crippen LogP contribution in [0.5, 0.6) is 0 Å². The van der Waals surface area contributed by atoms with Gasteiger partial charge in [-0.2, -0.15) is 5.10 Å². The lowest BCUT2D eigenvalue weighted by molar-refractivity contribution is 0.488. The highest BCUT2D eigenvalue weighted by Gasteiger charge is 2.21. The van der Waals surface area contributed by atoms with E-state index in [9.17, 15) is 4.39 Å². The summed E-state index contributed by atoms with van der Waals surface area (Å²) in [5.41, 5.74) is 4.76. The molecule has 0 saturated carbocycles. The minimum Gasteiger partial charge on any atom is -0.271 e. The molecule has 21 heavy (non-hydrogen) atoms. The summed E-state index contributed by atoms with van der Waals surface area (Å²) in [7, 11) is 0. The Hall–Kier alpha value is -0.950. The zero-order chi connectivity index (χ0) is 15.6. The Kier molecular flexibility index (Phi) is 5.37. The van der Waals surface area contributed by atoms with Gasteiger partial charge in [-0.1, -0.05) is 23.7 Å². The van der Waals surface area contributed by atoms with Crippen molar-refractivity contribution in [1.29, 1.82) is 0 Å². The smallest absolute Gasteiger partial charge is 0.142 e. The lowest BCUT2D eigenvalue weighted by atomic mass is 10.0. The van der Waals surface area contributed by atoms with Crippen LogP contribution in [0.15, 0.2) is 22.7 Å². The van der Waals surface area contributed by atoms with Crippen molar-refractivity contribution in [3.63, 3.8) is 0 Å². The minimum absolute atomic E-state index is 0.323. The van der Waals surface area contributed by atoms with Crippen LogP contribution < -0.4 is 11.3 Å². The summed E-state index contributed by atoms with van der Waals surface area (Å²) >= 11 is 9.49. The number of halogens is 3. The third-order valence-corrected chi connectivity index (χ3v) is 4.51. The lowest BCUT2D eigenvalue weighted by Crippen LogP contribution is -2.31. The van der Waals surface area contributed by atoms with Crippen LogP contribution >= 0.6 is 27.5 Å². The van der Waals surface area contributed by atoms with Gasteiger partial charge in [0.25, 0.3) is 0 Å². The molecular weight excluding hydrogens is 359 g/mol. The number of aromatic nitrogens is 2. The molecule has 1 aromatic carbocycles. The number of rotatable bonds is 5. The number of nitrogens with two attached hydrogens (primary N) is 1. The third kappa shape index (κ3) is 3.29. The molecule has 0 saturated heterocycles. The second-order valence-electron chi connectivity index (χ2n) is 4.73. The Morgan fingerprint density at radius 2 is 2.24 bits per heavy atom. The lowest BCUT2D eigenvalue weighted by Gasteiger charge is -2.18. The van der Waals surface area contributed by atoms with Crippen molar-refractivity contribution in [2.75, 3.05) is 0 Å². The quantitative estimate of drug-likeness (QED) is 0.621. The maximum Gasteiger partial charge on any atom is 0.142 e. The summed E-state index contributed by atoms with van der Waals surface area (Å²) in [6, 6.07) is 4.75. The highest BCUT2D eigenvalue weighted by molar-refractivity contribution is 9.10. The van der Waals surface area contributed by atoms with E-state index in [1.54, 1.807) is 18.2 Å². The highest BCUT2D eigenvalue weighted by Crippen LogP contribution is 2.29. The average Bonchev–Trinajstić information content (AvgIpc) is 2.75. The van der Waals surface area contributed by atoms with Gasteiger partial charge in [0.1, 0.15) is 5.82 Å². The molecule has 1 unspecified atom stereocenters. The van der Waals surface area contributed by atoms with Gasteiger partial charge in [-0.05, 0) is 35.8 Å². The summed E-state index contributed by atoms with van der Waals surface area (Å²) in [6.45, 7) is 4.53. The summed E-state index contributed by atoms with van der Waals surface area (Å²) < 4.78 is 16.5. The first-order chi connectivity index (χ1) is 9.99. The van der Waals surface area contributed by atoms with Crippen molar-refractivity contribution < 1.29 is 4.39 Å². The number of nitrogens with one attached hydrogen (secondary N) is 1. The van der Waals surface area contributed by atoms with Crippen molar-refractivity contribution in [2.24, 2.45) is 5.84 Å². The van der Waals surface area contributed by atoms with E-state index in [0.717, 1.165) is 11.4 Å². The molecule has 0 radical (unpaired) electrons. The van der Waals surface area contributed by atoms with Crippen LogP contribution in [0.3, 0.4) is 0 Å². The van der Waals surface area contributed by atoms with Crippen LogP contribution in [0.4, 0.5) is 4.39 Å². The minimum atomic E-state index is -0.388. The van der Waals surface area contributed by atoms with Crippen LogP contribution in [0.25, 0.3) is 0 Å². The van der Waals surface area contributed by atoms with E-state index in [1.165, 1.54) is 0 Å². The standard InChI is InChI=1S/C14H17BrClFN4/c1-3-21-12(13(16)8(2)20-21)7-11(19-18)9-5-4-6-10(15)14(9)17/h4-6,11,19H,3,7,18H2,1-2H3. The summed E-state index contributed by atoms with van der Waals surface area (Å²) in [4.78, 5) is 0. The van der Waals surface area contributed by atoms with Crippen molar-refractivity contribution in [3.05, 3.63) is 50.5 Å². The van der Waals surface area contributed by atoms with Crippen molar-refractivity contribution in [3.8, 4) is 0 Å². The van der Waals surface area contributed by atoms with E-state index in [1.807, 2.05) is 18.5 Å². The summed E-state index contributed by atoms with van der Waals surface area (Å²) in [6.07, 6.45) is 0.456. The van der Waals surface area contributed by atoms with Crippen LogP contribution in [0.1, 0.15) is 29.9 Å². The fraction of sp³-hybridized carbons (Fsp3) is 0.357. The number of hydrogen-bond donors (Lipinski definition) is 2. The van der Waals surface area contributed by atoms with E-state index >= 15 is 0 Å². The molecule has 0 bridgehead atoms. The van der Waals surface area contributed by atoms with Crippen LogP contribution in [-0.4, -0.2) is 9.78 Å². The van der Waals surface area contributed by atoms with Gasteiger partial charge in [-0.3, -0.25) is 16.0 Å². The van der Waals surface area contributed by atoms with Gasteiger partial charge in [0.2, 0.25) is 0 Å². The molecule has 1 atom stereocenters. The number of aryl methyl sites for hydroxylation is 2. The number of hydrazine groups is 1. The van der Waals surface area contributed by atoms with E-state index in [-0.39, 0.29) is 11.9 Å². The Morgan fingerprint density at radius 1 is 1.52 bits per heavy atom. The molecule has 3 N–H and O–H groups in total. The van der Waals surface area contributed by atoms with Gasteiger partial charge in [-0.25, -0.2) is 4.39 Å². The predicted molar refractivity (Wildman–Crippen MR) is 85.5 cm³/mol. The van der Waals surface area contributed by atoms with Gasteiger partial charge >= 0.3 is 0 Å². The van der Waals surface area contributed by atoms with E-state index in [4.69, 9.17) is 17.4 Å². The van der Waals surface area contributed by atoms with Crippen LogP contribution in [0, 0.1) is 12.7 Å². The largest absolute Gasteiger partial charge is 0.271 e. The molecule has 0 aliphatic rings. The van der Waals surface area contributed by atoms with Crippen molar-refractivity contribution in [2.45, 2.75) is 32.9 Å². The summed E-state index contributed by atoms with van der Waals surface area (Å²) in [5.74, 6) is 5.29. The monoisotopic (exact) mass is 374 g/mol. The molecule has 1 heterocycles. The molecule has 7 heteroatoms. The highest BCUT2D eigenvalue weighted by atomic mass is 79.9. The zero-order valence-corrected chi connectivity index (χ0v) is 14.2. The van der Waals surface area contributed by atoms with Gasteiger partial charge in [0, 0.05) is 18.5 Å². The maximum atomic E-state index is 14.2. The first-order valence-corrected chi connectivity index (χ1v) is 7.78. The first kappa shape index (κ1) is 16.4. The molecule has 0 amide bonds. The van der Waals surface area contributed by atoms with E-state index in [2.05, 4.69) is 26.5 Å². The molecule has 0 fully saturated rings. The Balaban J connectivity index is 2.38. The summed E-state index contributed by atoms with van der Waals surface area (Å²) in [5, 5.41) is 4.97. The molecular formula is C14H17BrClFN4. The fourth-order valence-electron chi connectivity index (χ4n) is 2.31. The Bertz CT molecular complexity index is 644. The van der Waals surface area contributed by atoms with Gasteiger partial charge in [-0.15, -0.1) is 0 Å². The molecule has 0 aliphatic carbocycles. The Morgan fingerprint density at radius 3 is 2.86 bits per heavy atom. The maximum absolute atomic E-state index is 14.2. The molecule has 1 aromatic heterocycles. The molecule has 0 spiro atoms. The van der Waals surface area contributed by atoms with E-state index < -0.39 is 0 Å². The number of benzene rings is 1. The molecule has 2 aromatic rings. The predicted octanol–water partition coefficient (Wildman–Crippen LogP) is 3.51.